The Morgan fingerprint density at radius 3 is 2.65 bits per heavy atom. The van der Waals surface area contributed by atoms with Gasteiger partial charge in [-0.15, -0.1) is 0 Å². The first-order valence-corrected chi connectivity index (χ1v) is 5.75. The number of ether oxygens (including phenoxy) is 1. The van der Waals surface area contributed by atoms with Crippen LogP contribution in [0.2, 0.25) is 0 Å². The summed E-state index contributed by atoms with van der Waals surface area (Å²) in [6, 6.07) is 0. The Morgan fingerprint density at radius 1 is 1.59 bits per heavy atom. The number of likely N-dealkylation sites (N-methyl/N-ethyl adjacent to an activating group) is 1. The lowest BCUT2D eigenvalue weighted by Crippen LogP contribution is -2.45. The molecule has 0 aliphatic carbocycles. The van der Waals surface area contributed by atoms with E-state index in [4.69, 9.17) is 4.74 Å². The molecular formula is C11H20N2O4. The number of nitrogens with zero attached hydrogens (tertiary/aromatic N) is 2. The van der Waals surface area contributed by atoms with Crippen LogP contribution in [0.5, 0.6) is 0 Å². The second-order valence-corrected chi connectivity index (χ2v) is 4.78. The van der Waals surface area contributed by atoms with Gasteiger partial charge in [-0.1, -0.05) is 6.92 Å². The molecule has 6 heteroatoms. The lowest BCUT2D eigenvalue weighted by Gasteiger charge is -2.28. The zero-order valence-electron chi connectivity index (χ0n) is 10.6. The van der Waals surface area contributed by atoms with Crippen molar-refractivity contribution in [3.8, 4) is 0 Å². The number of rotatable bonds is 5. The standard InChI is InChI=1S/C11H20N2O4/c1-4-12(8-11(2,3)16)7-9(14)13-5-6-17-10(13)15/h16H,4-8H2,1-3H3. The van der Waals surface area contributed by atoms with Gasteiger partial charge in [-0.3, -0.25) is 9.69 Å². The zero-order chi connectivity index (χ0) is 13.1. The van der Waals surface area contributed by atoms with E-state index in [9.17, 15) is 14.7 Å². The second kappa shape index (κ2) is 5.46. The first kappa shape index (κ1) is 13.9. The van der Waals surface area contributed by atoms with Crippen molar-refractivity contribution in [2.75, 3.05) is 32.8 Å². The van der Waals surface area contributed by atoms with Gasteiger partial charge in [0.15, 0.2) is 0 Å². The Hall–Kier alpha value is -1.14. The van der Waals surface area contributed by atoms with Crippen LogP contribution in [0, 0.1) is 0 Å². The number of imide groups is 1. The molecule has 0 unspecified atom stereocenters. The lowest BCUT2D eigenvalue weighted by molar-refractivity contribution is -0.129. The largest absolute Gasteiger partial charge is 0.447 e. The van der Waals surface area contributed by atoms with E-state index in [2.05, 4.69) is 0 Å². The first-order chi connectivity index (χ1) is 7.83. The van der Waals surface area contributed by atoms with E-state index in [1.54, 1.807) is 18.7 Å². The Kier molecular flexibility index (Phi) is 4.47. The van der Waals surface area contributed by atoms with Crippen LogP contribution >= 0.6 is 0 Å². The predicted octanol–water partition coefficient (Wildman–Crippen LogP) is 0.0580. The zero-order valence-corrected chi connectivity index (χ0v) is 10.6. The highest BCUT2D eigenvalue weighted by atomic mass is 16.6. The molecule has 0 aromatic carbocycles. The van der Waals surface area contributed by atoms with Crippen molar-refractivity contribution in [1.29, 1.82) is 0 Å². The van der Waals surface area contributed by atoms with Crippen molar-refractivity contribution in [2.24, 2.45) is 0 Å². The SMILES string of the molecule is CCN(CC(=O)N1CCOC1=O)CC(C)(C)O. The van der Waals surface area contributed by atoms with E-state index in [0.29, 0.717) is 19.6 Å². The summed E-state index contributed by atoms with van der Waals surface area (Å²) < 4.78 is 4.70. The van der Waals surface area contributed by atoms with Gasteiger partial charge in [-0.25, -0.2) is 9.69 Å². The third-order valence-corrected chi connectivity index (χ3v) is 2.48. The maximum absolute atomic E-state index is 11.8. The summed E-state index contributed by atoms with van der Waals surface area (Å²) in [7, 11) is 0. The van der Waals surface area contributed by atoms with Crippen LogP contribution < -0.4 is 0 Å². The molecule has 1 fully saturated rings. The molecular weight excluding hydrogens is 224 g/mol. The van der Waals surface area contributed by atoms with Crippen molar-refractivity contribution in [2.45, 2.75) is 26.4 Å². The monoisotopic (exact) mass is 244 g/mol. The van der Waals surface area contributed by atoms with Gasteiger partial charge in [0.1, 0.15) is 6.61 Å². The maximum atomic E-state index is 11.8. The normalized spacial score (nSPS) is 16.5. The number of amides is 2. The minimum absolute atomic E-state index is 0.121. The number of hydrogen-bond acceptors (Lipinski definition) is 5. The summed E-state index contributed by atoms with van der Waals surface area (Å²) >= 11 is 0. The van der Waals surface area contributed by atoms with Gasteiger partial charge in [0.05, 0.1) is 18.7 Å². The average Bonchev–Trinajstić information content (AvgIpc) is 2.61. The van der Waals surface area contributed by atoms with Gasteiger partial charge in [-0.05, 0) is 20.4 Å². The fourth-order valence-corrected chi connectivity index (χ4v) is 1.72. The first-order valence-electron chi connectivity index (χ1n) is 5.75. The van der Waals surface area contributed by atoms with Gasteiger partial charge in [0.25, 0.3) is 0 Å². The van der Waals surface area contributed by atoms with E-state index in [1.807, 2.05) is 6.92 Å². The molecule has 0 aromatic rings. The van der Waals surface area contributed by atoms with Crippen LogP contribution in [-0.2, 0) is 9.53 Å². The topological polar surface area (TPSA) is 70.1 Å². The fourth-order valence-electron chi connectivity index (χ4n) is 1.72. The Bertz CT molecular complexity index is 298. The Morgan fingerprint density at radius 2 is 2.24 bits per heavy atom. The van der Waals surface area contributed by atoms with Crippen LogP contribution in [0.25, 0.3) is 0 Å². The molecule has 0 atom stereocenters. The molecule has 1 saturated heterocycles. The number of carbonyl (C=O) groups is 2. The number of carbonyl (C=O) groups excluding carboxylic acids is 2. The molecule has 1 heterocycles. The number of aliphatic hydroxyl groups is 1. The smallest absolute Gasteiger partial charge is 0.416 e. The number of cyclic esters (lactones) is 1. The quantitative estimate of drug-likeness (QED) is 0.740. The van der Waals surface area contributed by atoms with Crippen LogP contribution in [-0.4, -0.2) is 65.3 Å². The molecule has 0 radical (unpaired) electrons. The molecule has 6 nitrogen and oxygen atoms in total. The molecule has 0 aromatic heterocycles. The van der Waals surface area contributed by atoms with Crippen molar-refractivity contribution >= 4 is 12.0 Å². The van der Waals surface area contributed by atoms with Crippen LogP contribution in [0.15, 0.2) is 0 Å². The van der Waals surface area contributed by atoms with E-state index in [1.165, 1.54) is 0 Å². The third kappa shape index (κ3) is 4.32. The van der Waals surface area contributed by atoms with Crippen molar-refractivity contribution < 1.29 is 19.4 Å². The Balaban J connectivity index is 2.50. The highest BCUT2D eigenvalue weighted by Gasteiger charge is 2.30. The molecule has 17 heavy (non-hydrogen) atoms. The van der Waals surface area contributed by atoms with Crippen LogP contribution in [0.3, 0.4) is 0 Å². The third-order valence-electron chi connectivity index (χ3n) is 2.48. The molecule has 0 saturated carbocycles. The number of hydrogen-bond donors (Lipinski definition) is 1. The summed E-state index contributed by atoms with van der Waals surface area (Å²) in [6.45, 7) is 7.00. The second-order valence-electron chi connectivity index (χ2n) is 4.78. The molecule has 0 spiro atoms. The molecule has 98 valence electrons. The van der Waals surface area contributed by atoms with E-state index < -0.39 is 11.7 Å². The van der Waals surface area contributed by atoms with Gasteiger partial charge in [0.2, 0.25) is 5.91 Å². The van der Waals surface area contributed by atoms with Crippen LogP contribution in [0.1, 0.15) is 20.8 Å². The van der Waals surface area contributed by atoms with Crippen molar-refractivity contribution in [3.63, 3.8) is 0 Å². The Labute approximate surface area is 101 Å². The molecule has 2 amide bonds. The van der Waals surface area contributed by atoms with Gasteiger partial charge >= 0.3 is 6.09 Å². The predicted molar refractivity (Wildman–Crippen MR) is 61.5 cm³/mol. The van der Waals surface area contributed by atoms with E-state index in [0.717, 1.165) is 4.90 Å². The maximum Gasteiger partial charge on any atom is 0.416 e. The lowest BCUT2D eigenvalue weighted by atomic mass is 10.1. The van der Waals surface area contributed by atoms with E-state index in [-0.39, 0.29) is 19.1 Å². The highest BCUT2D eigenvalue weighted by Crippen LogP contribution is 2.08. The highest BCUT2D eigenvalue weighted by molar-refractivity contribution is 5.94. The molecule has 1 aliphatic rings. The fraction of sp³-hybridized carbons (Fsp3) is 0.818. The molecule has 1 N–H and O–H groups in total. The van der Waals surface area contributed by atoms with Crippen molar-refractivity contribution in [3.05, 3.63) is 0 Å². The van der Waals surface area contributed by atoms with E-state index >= 15 is 0 Å². The molecule has 1 aliphatic heterocycles. The van der Waals surface area contributed by atoms with Gasteiger partial charge in [0, 0.05) is 6.54 Å². The van der Waals surface area contributed by atoms with Crippen LogP contribution in [0.4, 0.5) is 4.79 Å². The van der Waals surface area contributed by atoms with Gasteiger partial charge in [-0.2, -0.15) is 0 Å². The average molecular weight is 244 g/mol. The minimum Gasteiger partial charge on any atom is -0.447 e. The summed E-state index contributed by atoms with van der Waals surface area (Å²) in [6.07, 6.45) is -0.575. The van der Waals surface area contributed by atoms with Crippen molar-refractivity contribution in [1.82, 2.24) is 9.80 Å². The summed E-state index contributed by atoms with van der Waals surface area (Å²) in [4.78, 5) is 25.9. The minimum atomic E-state index is -0.859. The molecule has 1 rings (SSSR count). The molecule has 0 bridgehead atoms. The van der Waals surface area contributed by atoms with Gasteiger partial charge < -0.3 is 9.84 Å². The summed E-state index contributed by atoms with van der Waals surface area (Å²) in [5.41, 5.74) is -0.859. The summed E-state index contributed by atoms with van der Waals surface area (Å²) in [5, 5.41) is 9.69. The summed E-state index contributed by atoms with van der Waals surface area (Å²) in [5.74, 6) is -0.279.